The number of hydrogen-bond acceptors (Lipinski definition) is 3. The molecule has 0 atom stereocenters. The normalized spacial score (nSPS) is 11.8. The second kappa shape index (κ2) is 5.10. The molecular formula is C11H18BrN3O. The predicted molar refractivity (Wildman–Crippen MR) is 67.4 cm³/mol. The highest BCUT2D eigenvalue weighted by Crippen LogP contribution is 2.19. The molecule has 90 valence electrons. The van der Waals surface area contributed by atoms with Crippen molar-refractivity contribution in [3.05, 3.63) is 16.4 Å². The van der Waals surface area contributed by atoms with Gasteiger partial charge >= 0.3 is 0 Å². The van der Waals surface area contributed by atoms with Crippen LogP contribution in [0.2, 0.25) is 0 Å². The summed E-state index contributed by atoms with van der Waals surface area (Å²) in [6, 6.07) is 0. The summed E-state index contributed by atoms with van der Waals surface area (Å²) in [6.45, 7) is 6.50. The quantitative estimate of drug-likeness (QED) is 0.846. The summed E-state index contributed by atoms with van der Waals surface area (Å²) in [4.78, 5) is 12.0. The third-order valence-corrected chi connectivity index (χ3v) is 2.94. The minimum absolute atomic E-state index is 0.0877. The summed E-state index contributed by atoms with van der Waals surface area (Å²) in [5.41, 5.74) is 6.20. The molecule has 1 aromatic heterocycles. The van der Waals surface area contributed by atoms with Crippen LogP contribution in [-0.2, 0) is 6.54 Å². The van der Waals surface area contributed by atoms with Crippen molar-refractivity contribution in [1.29, 1.82) is 0 Å². The zero-order valence-electron chi connectivity index (χ0n) is 9.96. The number of halogens is 1. The number of Topliss-reactive ketones (excluding diaryl/α,β-unsaturated/α-hetero) is 1. The maximum atomic E-state index is 12.0. The number of rotatable bonds is 5. The van der Waals surface area contributed by atoms with Gasteiger partial charge in [-0.1, -0.05) is 0 Å². The fraction of sp³-hybridized carbons (Fsp3) is 0.636. The smallest absolute Gasteiger partial charge is 0.182 e. The van der Waals surface area contributed by atoms with E-state index in [-0.39, 0.29) is 11.3 Å². The summed E-state index contributed by atoms with van der Waals surface area (Å²) in [7, 11) is 0. The van der Waals surface area contributed by atoms with Crippen LogP contribution in [0.3, 0.4) is 0 Å². The van der Waals surface area contributed by atoms with E-state index in [2.05, 4.69) is 21.0 Å². The second-order valence-electron chi connectivity index (χ2n) is 4.57. The highest BCUT2D eigenvalue weighted by molar-refractivity contribution is 9.10. The summed E-state index contributed by atoms with van der Waals surface area (Å²) in [5.74, 6) is 0.0877. The van der Waals surface area contributed by atoms with Crippen molar-refractivity contribution < 1.29 is 4.79 Å². The lowest BCUT2D eigenvalue weighted by molar-refractivity contribution is 0.0961. The zero-order valence-corrected chi connectivity index (χ0v) is 11.5. The number of ketones is 1. The van der Waals surface area contributed by atoms with Crippen LogP contribution in [0.15, 0.2) is 10.7 Å². The van der Waals surface area contributed by atoms with Crippen molar-refractivity contribution in [2.24, 2.45) is 5.73 Å². The molecule has 1 aromatic rings. The lowest BCUT2D eigenvalue weighted by Crippen LogP contribution is -2.32. The van der Waals surface area contributed by atoms with Crippen LogP contribution in [0.5, 0.6) is 0 Å². The number of nitrogens with two attached hydrogens (primary N) is 1. The average Bonchev–Trinajstić information content (AvgIpc) is 2.55. The third-order valence-electron chi connectivity index (χ3n) is 2.35. The van der Waals surface area contributed by atoms with Crippen LogP contribution in [0.4, 0.5) is 0 Å². The lowest BCUT2D eigenvalue weighted by atomic mass is 9.97. The number of hydrogen-bond donors (Lipinski definition) is 1. The summed E-state index contributed by atoms with van der Waals surface area (Å²) in [6.07, 6.45) is 2.78. The molecule has 0 amide bonds. The summed E-state index contributed by atoms with van der Waals surface area (Å²) < 4.78 is 2.46. The van der Waals surface area contributed by atoms with Crippen LogP contribution in [0.1, 0.15) is 44.1 Å². The molecule has 0 aromatic carbocycles. The Kier molecular flexibility index (Phi) is 4.27. The minimum atomic E-state index is -0.306. The standard InChI is InChI=1S/C11H18BrN3O/c1-4-15-10(8(12)7-14-15)9(16)5-6-11(2,3)13/h7H,4-6,13H2,1-3H3. The van der Waals surface area contributed by atoms with Crippen molar-refractivity contribution in [3.63, 3.8) is 0 Å². The van der Waals surface area contributed by atoms with Gasteiger partial charge in [0.1, 0.15) is 5.69 Å². The second-order valence-corrected chi connectivity index (χ2v) is 5.42. The van der Waals surface area contributed by atoms with Gasteiger partial charge in [-0.15, -0.1) is 0 Å². The number of aryl methyl sites for hydroxylation is 1. The molecule has 1 heterocycles. The summed E-state index contributed by atoms with van der Waals surface area (Å²) >= 11 is 3.34. The predicted octanol–water partition coefficient (Wildman–Crippen LogP) is 2.37. The monoisotopic (exact) mass is 287 g/mol. The molecule has 0 saturated carbocycles. The van der Waals surface area contributed by atoms with Gasteiger partial charge in [0.05, 0.1) is 10.7 Å². The van der Waals surface area contributed by atoms with Crippen molar-refractivity contribution in [1.82, 2.24) is 9.78 Å². The Morgan fingerprint density at radius 2 is 2.25 bits per heavy atom. The van der Waals surface area contributed by atoms with Crippen molar-refractivity contribution in [3.8, 4) is 0 Å². The van der Waals surface area contributed by atoms with Crippen LogP contribution in [-0.4, -0.2) is 21.1 Å². The van der Waals surface area contributed by atoms with Gasteiger partial charge in [-0.2, -0.15) is 5.10 Å². The van der Waals surface area contributed by atoms with Crippen LogP contribution in [0, 0.1) is 0 Å². The first-order valence-electron chi connectivity index (χ1n) is 5.38. The molecule has 0 aliphatic heterocycles. The maximum absolute atomic E-state index is 12.0. The number of carbonyl (C=O) groups is 1. The van der Waals surface area contributed by atoms with Gasteiger partial charge in [-0.3, -0.25) is 9.48 Å². The van der Waals surface area contributed by atoms with E-state index in [0.29, 0.717) is 25.1 Å². The highest BCUT2D eigenvalue weighted by Gasteiger charge is 2.19. The Morgan fingerprint density at radius 1 is 1.62 bits per heavy atom. The van der Waals surface area contributed by atoms with E-state index in [9.17, 15) is 4.79 Å². The van der Waals surface area contributed by atoms with E-state index < -0.39 is 0 Å². The molecule has 16 heavy (non-hydrogen) atoms. The Bertz CT molecular complexity index is 379. The molecule has 0 saturated heterocycles. The van der Waals surface area contributed by atoms with E-state index in [1.54, 1.807) is 10.9 Å². The number of nitrogens with zero attached hydrogens (tertiary/aromatic N) is 2. The molecule has 0 aliphatic rings. The SMILES string of the molecule is CCn1ncc(Br)c1C(=O)CCC(C)(C)N. The molecule has 0 radical (unpaired) electrons. The molecule has 0 unspecified atom stereocenters. The first kappa shape index (κ1) is 13.4. The number of aromatic nitrogens is 2. The highest BCUT2D eigenvalue weighted by atomic mass is 79.9. The van der Waals surface area contributed by atoms with Gasteiger partial charge in [0.25, 0.3) is 0 Å². The molecule has 0 aliphatic carbocycles. The van der Waals surface area contributed by atoms with E-state index in [1.165, 1.54) is 0 Å². The third kappa shape index (κ3) is 3.42. The largest absolute Gasteiger partial charge is 0.326 e. The van der Waals surface area contributed by atoms with E-state index in [1.807, 2.05) is 20.8 Å². The molecule has 1 rings (SSSR count). The van der Waals surface area contributed by atoms with Gasteiger partial charge in [0.2, 0.25) is 0 Å². The van der Waals surface area contributed by atoms with Gasteiger partial charge in [-0.05, 0) is 43.1 Å². The Balaban J connectivity index is 2.76. The van der Waals surface area contributed by atoms with Crippen LogP contribution in [0.25, 0.3) is 0 Å². The maximum Gasteiger partial charge on any atom is 0.182 e. The van der Waals surface area contributed by atoms with E-state index in [0.717, 1.165) is 4.47 Å². The summed E-state index contributed by atoms with van der Waals surface area (Å²) in [5, 5.41) is 4.12. The van der Waals surface area contributed by atoms with Gasteiger partial charge in [0, 0.05) is 18.5 Å². The van der Waals surface area contributed by atoms with Gasteiger partial charge < -0.3 is 5.73 Å². The molecule has 0 spiro atoms. The van der Waals surface area contributed by atoms with Gasteiger partial charge in [0.15, 0.2) is 5.78 Å². The molecule has 0 fully saturated rings. The van der Waals surface area contributed by atoms with Crippen molar-refractivity contribution >= 4 is 21.7 Å². The molecular weight excluding hydrogens is 270 g/mol. The molecule has 4 nitrogen and oxygen atoms in total. The first-order valence-corrected chi connectivity index (χ1v) is 6.18. The van der Waals surface area contributed by atoms with Gasteiger partial charge in [-0.25, -0.2) is 0 Å². The van der Waals surface area contributed by atoms with Crippen LogP contribution >= 0.6 is 15.9 Å². The Labute approximate surface area is 104 Å². The molecule has 2 N–H and O–H groups in total. The fourth-order valence-electron chi connectivity index (χ4n) is 1.43. The first-order chi connectivity index (χ1) is 7.35. The van der Waals surface area contributed by atoms with Crippen molar-refractivity contribution in [2.75, 3.05) is 0 Å². The molecule has 5 heteroatoms. The lowest BCUT2D eigenvalue weighted by Gasteiger charge is -2.17. The van der Waals surface area contributed by atoms with E-state index >= 15 is 0 Å². The van der Waals surface area contributed by atoms with E-state index in [4.69, 9.17) is 5.73 Å². The Morgan fingerprint density at radius 3 is 2.75 bits per heavy atom. The fourth-order valence-corrected chi connectivity index (χ4v) is 1.95. The zero-order chi connectivity index (χ0) is 12.3. The topological polar surface area (TPSA) is 60.9 Å². The Hall–Kier alpha value is -0.680. The van der Waals surface area contributed by atoms with Crippen LogP contribution < -0.4 is 5.73 Å². The number of carbonyl (C=O) groups excluding carboxylic acids is 1. The minimum Gasteiger partial charge on any atom is -0.326 e. The molecule has 0 bridgehead atoms. The van der Waals surface area contributed by atoms with Crippen molar-refractivity contribution in [2.45, 2.75) is 45.7 Å². The average molecular weight is 288 g/mol.